The molecule has 2 nitrogen and oxygen atoms in total. The van der Waals surface area contributed by atoms with Crippen molar-refractivity contribution in [2.45, 2.75) is 25.7 Å². The molecular formula is C7H10F2O2. The molecule has 0 bridgehead atoms. The SMILES string of the molecule is CC(=O)C1(CO)CC(F)(F)C1. The summed E-state index contributed by atoms with van der Waals surface area (Å²) >= 11 is 0. The number of hydrogen-bond donors (Lipinski definition) is 1. The van der Waals surface area contributed by atoms with E-state index in [1.165, 1.54) is 6.92 Å². The summed E-state index contributed by atoms with van der Waals surface area (Å²) in [7, 11) is 0. The Bertz CT molecular complexity index is 181. The van der Waals surface area contributed by atoms with E-state index in [1.54, 1.807) is 0 Å². The Balaban J connectivity index is 2.64. The molecule has 0 aromatic carbocycles. The molecule has 0 aromatic rings. The molecule has 0 unspecified atom stereocenters. The van der Waals surface area contributed by atoms with E-state index < -0.39 is 30.8 Å². The number of ketones is 1. The van der Waals surface area contributed by atoms with E-state index in [4.69, 9.17) is 5.11 Å². The van der Waals surface area contributed by atoms with Crippen molar-refractivity contribution in [2.75, 3.05) is 6.61 Å². The van der Waals surface area contributed by atoms with Crippen LogP contribution in [0.1, 0.15) is 19.8 Å². The second-order valence-electron chi connectivity index (χ2n) is 3.20. The summed E-state index contributed by atoms with van der Waals surface area (Å²) in [5.74, 6) is -3.08. The molecule has 0 saturated heterocycles. The molecule has 1 rings (SSSR count). The van der Waals surface area contributed by atoms with Gasteiger partial charge in [-0.3, -0.25) is 4.79 Å². The summed E-state index contributed by atoms with van der Waals surface area (Å²) in [6.45, 7) is 0.781. The van der Waals surface area contributed by atoms with Gasteiger partial charge in [-0.25, -0.2) is 8.78 Å². The first-order valence-corrected chi connectivity index (χ1v) is 3.42. The average molecular weight is 164 g/mol. The maximum atomic E-state index is 12.3. The van der Waals surface area contributed by atoms with Gasteiger partial charge in [-0.1, -0.05) is 0 Å². The van der Waals surface area contributed by atoms with Gasteiger partial charge >= 0.3 is 0 Å². The van der Waals surface area contributed by atoms with E-state index in [2.05, 4.69) is 0 Å². The Morgan fingerprint density at radius 2 is 2.00 bits per heavy atom. The monoisotopic (exact) mass is 164 g/mol. The average Bonchev–Trinajstić information content (AvgIpc) is 1.81. The van der Waals surface area contributed by atoms with Gasteiger partial charge in [-0.2, -0.15) is 0 Å². The van der Waals surface area contributed by atoms with Gasteiger partial charge in [0.1, 0.15) is 5.78 Å². The molecule has 1 N–H and O–H groups in total. The lowest BCUT2D eigenvalue weighted by molar-refractivity contribution is -0.184. The molecule has 0 spiro atoms. The van der Waals surface area contributed by atoms with E-state index >= 15 is 0 Å². The lowest BCUT2D eigenvalue weighted by Gasteiger charge is -2.44. The summed E-state index contributed by atoms with van der Waals surface area (Å²) in [5.41, 5.74) is -1.14. The Morgan fingerprint density at radius 3 is 2.09 bits per heavy atom. The Labute approximate surface area is 63.2 Å². The molecule has 1 fully saturated rings. The summed E-state index contributed by atoms with van der Waals surface area (Å²) < 4.78 is 24.6. The van der Waals surface area contributed by atoms with Gasteiger partial charge in [0, 0.05) is 12.8 Å². The van der Waals surface area contributed by atoms with E-state index in [1.807, 2.05) is 0 Å². The molecule has 1 saturated carbocycles. The minimum atomic E-state index is -2.74. The third-order valence-corrected chi connectivity index (χ3v) is 2.24. The first kappa shape index (κ1) is 8.59. The Hall–Kier alpha value is -0.510. The van der Waals surface area contributed by atoms with Crippen LogP contribution in [0.3, 0.4) is 0 Å². The summed E-state index contributed by atoms with van der Waals surface area (Å²) in [6, 6.07) is 0. The molecule has 1 aliphatic carbocycles. The molecule has 0 atom stereocenters. The predicted octanol–water partition coefficient (Wildman–Crippen LogP) is 0.983. The quantitative estimate of drug-likeness (QED) is 0.660. The highest BCUT2D eigenvalue weighted by molar-refractivity contribution is 5.83. The number of carbonyl (C=O) groups excluding carboxylic acids is 1. The van der Waals surface area contributed by atoms with Gasteiger partial charge in [-0.05, 0) is 6.92 Å². The van der Waals surface area contributed by atoms with Crippen LogP contribution < -0.4 is 0 Å². The number of alkyl halides is 2. The van der Waals surface area contributed by atoms with Crippen molar-refractivity contribution < 1.29 is 18.7 Å². The predicted molar refractivity (Wildman–Crippen MR) is 34.4 cm³/mol. The van der Waals surface area contributed by atoms with Gasteiger partial charge in [0.2, 0.25) is 5.92 Å². The van der Waals surface area contributed by atoms with Crippen LogP contribution in [0.2, 0.25) is 0 Å². The molecular weight excluding hydrogens is 154 g/mol. The first-order valence-electron chi connectivity index (χ1n) is 3.42. The maximum Gasteiger partial charge on any atom is 0.250 e. The standard InChI is InChI=1S/C7H10F2O2/c1-5(11)6(4-10)2-7(8,9)3-6/h10H,2-4H2,1H3. The molecule has 11 heavy (non-hydrogen) atoms. The van der Waals surface area contributed by atoms with Gasteiger partial charge in [0.25, 0.3) is 0 Å². The largest absolute Gasteiger partial charge is 0.395 e. The van der Waals surface area contributed by atoms with E-state index in [0.717, 1.165) is 0 Å². The zero-order valence-electron chi connectivity index (χ0n) is 6.23. The van der Waals surface area contributed by atoms with Crippen molar-refractivity contribution in [3.8, 4) is 0 Å². The molecule has 0 amide bonds. The highest BCUT2D eigenvalue weighted by Gasteiger charge is 2.58. The number of aliphatic hydroxyl groups is 1. The molecule has 0 heterocycles. The maximum absolute atomic E-state index is 12.3. The Kier molecular flexibility index (Phi) is 1.75. The Morgan fingerprint density at radius 1 is 1.55 bits per heavy atom. The van der Waals surface area contributed by atoms with Crippen LogP contribution in [0.25, 0.3) is 0 Å². The fraction of sp³-hybridized carbons (Fsp3) is 0.857. The third kappa shape index (κ3) is 1.27. The number of rotatable bonds is 2. The second-order valence-corrected chi connectivity index (χ2v) is 3.20. The van der Waals surface area contributed by atoms with Gasteiger partial charge in [0.15, 0.2) is 0 Å². The smallest absolute Gasteiger partial charge is 0.250 e. The van der Waals surface area contributed by atoms with Crippen LogP contribution in [0.4, 0.5) is 8.78 Å². The van der Waals surface area contributed by atoms with Crippen molar-refractivity contribution in [3.63, 3.8) is 0 Å². The van der Waals surface area contributed by atoms with Crippen LogP contribution in [0, 0.1) is 5.41 Å². The lowest BCUT2D eigenvalue weighted by Crippen LogP contribution is -2.52. The highest BCUT2D eigenvalue weighted by Crippen LogP contribution is 2.52. The van der Waals surface area contributed by atoms with E-state index in [0.29, 0.717) is 0 Å². The van der Waals surface area contributed by atoms with Crippen LogP contribution in [-0.4, -0.2) is 23.4 Å². The van der Waals surface area contributed by atoms with Crippen molar-refractivity contribution >= 4 is 5.78 Å². The zero-order valence-corrected chi connectivity index (χ0v) is 6.23. The first-order chi connectivity index (χ1) is 4.92. The topological polar surface area (TPSA) is 37.3 Å². The minimum absolute atomic E-state index is 0.342. The molecule has 4 heteroatoms. The van der Waals surface area contributed by atoms with Gasteiger partial charge in [-0.15, -0.1) is 0 Å². The highest BCUT2D eigenvalue weighted by atomic mass is 19.3. The van der Waals surface area contributed by atoms with Crippen molar-refractivity contribution in [1.29, 1.82) is 0 Å². The molecule has 0 radical (unpaired) electrons. The summed E-state index contributed by atoms with van der Waals surface area (Å²) in [5, 5.41) is 8.68. The molecule has 1 aliphatic rings. The second kappa shape index (κ2) is 2.24. The van der Waals surface area contributed by atoms with Crippen LogP contribution >= 0.6 is 0 Å². The zero-order chi connectivity index (χ0) is 8.70. The lowest BCUT2D eigenvalue weighted by atomic mass is 9.64. The number of aliphatic hydroxyl groups excluding tert-OH is 1. The van der Waals surface area contributed by atoms with E-state index in [9.17, 15) is 13.6 Å². The molecule has 0 aromatic heterocycles. The molecule has 64 valence electrons. The van der Waals surface area contributed by atoms with Crippen LogP contribution in [-0.2, 0) is 4.79 Å². The summed E-state index contributed by atoms with van der Waals surface area (Å²) in [6.07, 6.45) is -0.988. The normalized spacial score (nSPS) is 25.8. The summed E-state index contributed by atoms with van der Waals surface area (Å²) in [4.78, 5) is 10.8. The van der Waals surface area contributed by atoms with E-state index in [-0.39, 0.29) is 5.78 Å². The van der Waals surface area contributed by atoms with Crippen molar-refractivity contribution in [3.05, 3.63) is 0 Å². The fourth-order valence-electron chi connectivity index (χ4n) is 1.41. The fourth-order valence-corrected chi connectivity index (χ4v) is 1.41. The minimum Gasteiger partial charge on any atom is -0.395 e. The van der Waals surface area contributed by atoms with Gasteiger partial charge < -0.3 is 5.11 Å². The number of halogens is 2. The van der Waals surface area contributed by atoms with Gasteiger partial charge in [0.05, 0.1) is 12.0 Å². The molecule has 0 aliphatic heterocycles. The van der Waals surface area contributed by atoms with Crippen LogP contribution in [0.5, 0.6) is 0 Å². The number of Topliss-reactive ketones (excluding diaryl/α,β-unsaturated/α-hetero) is 1. The third-order valence-electron chi connectivity index (χ3n) is 2.24. The number of hydrogen-bond acceptors (Lipinski definition) is 2. The number of carbonyl (C=O) groups is 1. The van der Waals surface area contributed by atoms with Crippen molar-refractivity contribution in [2.24, 2.45) is 5.41 Å². The van der Waals surface area contributed by atoms with Crippen molar-refractivity contribution in [1.82, 2.24) is 0 Å². The van der Waals surface area contributed by atoms with Crippen LogP contribution in [0.15, 0.2) is 0 Å².